The molecule has 3 nitrogen and oxygen atoms in total. The SMILES string of the molecule is O=C(CC1CCCCC1C(=O)O)c1ccccc1C(F)(F)F. The van der Waals surface area contributed by atoms with Crippen LogP contribution in [0.15, 0.2) is 24.3 Å². The number of hydrogen-bond acceptors (Lipinski definition) is 2. The van der Waals surface area contributed by atoms with E-state index in [1.165, 1.54) is 12.1 Å². The summed E-state index contributed by atoms with van der Waals surface area (Å²) in [7, 11) is 0. The molecule has 2 unspecified atom stereocenters. The van der Waals surface area contributed by atoms with Crippen LogP contribution in [0.25, 0.3) is 0 Å². The Labute approximate surface area is 126 Å². The lowest BCUT2D eigenvalue weighted by Crippen LogP contribution is -2.29. The van der Waals surface area contributed by atoms with Crippen LogP contribution in [-0.2, 0) is 11.0 Å². The highest BCUT2D eigenvalue weighted by Gasteiger charge is 2.37. The van der Waals surface area contributed by atoms with Gasteiger partial charge in [-0.1, -0.05) is 31.0 Å². The van der Waals surface area contributed by atoms with Crippen LogP contribution in [0.1, 0.15) is 48.0 Å². The molecule has 1 aliphatic carbocycles. The fourth-order valence-corrected chi connectivity index (χ4v) is 3.10. The highest BCUT2D eigenvalue weighted by Crippen LogP contribution is 2.36. The Kier molecular flexibility index (Phi) is 4.88. The predicted octanol–water partition coefficient (Wildman–Crippen LogP) is 4.17. The first kappa shape index (κ1) is 16.5. The van der Waals surface area contributed by atoms with Crippen molar-refractivity contribution < 1.29 is 27.9 Å². The van der Waals surface area contributed by atoms with Gasteiger partial charge in [-0.15, -0.1) is 0 Å². The van der Waals surface area contributed by atoms with Gasteiger partial charge in [0.25, 0.3) is 0 Å². The Morgan fingerprint density at radius 3 is 2.41 bits per heavy atom. The second-order valence-corrected chi connectivity index (χ2v) is 5.66. The molecule has 2 rings (SSSR count). The molecule has 6 heteroatoms. The van der Waals surface area contributed by atoms with E-state index in [-0.39, 0.29) is 17.9 Å². The average Bonchev–Trinajstić information content (AvgIpc) is 2.46. The van der Waals surface area contributed by atoms with Crippen LogP contribution in [0, 0.1) is 11.8 Å². The molecule has 0 amide bonds. The van der Waals surface area contributed by atoms with E-state index in [0.717, 1.165) is 25.0 Å². The van der Waals surface area contributed by atoms with Gasteiger partial charge in [-0.05, 0) is 24.8 Å². The van der Waals surface area contributed by atoms with Crippen molar-refractivity contribution in [2.75, 3.05) is 0 Å². The van der Waals surface area contributed by atoms with Gasteiger partial charge in [0.2, 0.25) is 0 Å². The van der Waals surface area contributed by atoms with Crippen LogP contribution in [0.3, 0.4) is 0 Å². The second-order valence-electron chi connectivity index (χ2n) is 5.66. The standard InChI is InChI=1S/C16H17F3O3/c17-16(18,19)13-8-4-3-7-12(13)14(20)9-10-5-1-2-6-11(10)15(21)22/h3-4,7-8,10-11H,1-2,5-6,9H2,(H,21,22). The molecule has 22 heavy (non-hydrogen) atoms. The van der Waals surface area contributed by atoms with Crippen molar-refractivity contribution in [3.63, 3.8) is 0 Å². The number of ketones is 1. The van der Waals surface area contributed by atoms with Gasteiger partial charge in [-0.2, -0.15) is 13.2 Å². The summed E-state index contributed by atoms with van der Waals surface area (Å²) >= 11 is 0. The van der Waals surface area contributed by atoms with Crippen molar-refractivity contribution in [3.05, 3.63) is 35.4 Å². The molecule has 0 aromatic heterocycles. The van der Waals surface area contributed by atoms with Gasteiger partial charge in [-0.25, -0.2) is 0 Å². The van der Waals surface area contributed by atoms with Crippen LogP contribution in [0.5, 0.6) is 0 Å². The van der Waals surface area contributed by atoms with E-state index in [1.807, 2.05) is 0 Å². The summed E-state index contributed by atoms with van der Waals surface area (Å²) in [4.78, 5) is 23.5. The van der Waals surface area contributed by atoms with E-state index < -0.39 is 29.4 Å². The van der Waals surface area contributed by atoms with Crippen LogP contribution < -0.4 is 0 Å². The van der Waals surface area contributed by atoms with Gasteiger partial charge >= 0.3 is 12.1 Å². The van der Waals surface area contributed by atoms with E-state index in [0.29, 0.717) is 12.8 Å². The molecule has 0 bridgehead atoms. The molecular formula is C16H17F3O3. The smallest absolute Gasteiger partial charge is 0.417 e. The molecule has 120 valence electrons. The highest BCUT2D eigenvalue weighted by molar-refractivity contribution is 5.98. The number of aliphatic carboxylic acids is 1. The molecule has 0 spiro atoms. The van der Waals surface area contributed by atoms with Crippen molar-refractivity contribution in [2.45, 2.75) is 38.3 Å². The van der Waals surface area contributed by atoms with Gasteiger partial charge in [0.15, 0.2) is 5.78 Å². The zero-order valence-corrected chi connectivity index (χ0v) is 11.9. The average molecular weight is 314 g/mol. The number of rotatable bonds is 4. The van der Waals surface area contributed by atoms with Gasteiger partial charge in [0, 0.05) is 12.0 Å². The molecule has 0 radical (unpaired) electrons. The molecule has 1 aromatic carbocycles. The van der Waals surface area contributed by atoms with Gasteiger partial charge in [-0.3, -0.25) is 9.59 Å². The number of carbonyl (C=O) groups is 2. The number of hydrogen-bond donors (Lipinski definition) is 1. The van der Waals surface area contributed by atoms with Gasteiger partial charge in [0.05, 0.1) is 11.5 Å². The lowest BCUT2D eigenvalue weighted by atomic mass is 9.76. The third kappa shape index (κ3) is 3.67. The van der Waals surface area contributed by atoms with Crippen molar-refractivity contribution in [3.8, 4) is 0 Å². The predicted molar refractivity (Wildman–Crippen MR) is 73.5 cm³/mol. The fourth-order valence-electron chi connectivity index (χ4n) is 3.10. The highest BCUT2D eigenvalue weighted by atomic mass is 19.4. The van der Waals surface area contributed by atoms with Crippen LogP contribution in [0.4, 0.5) is 13.2 Å². The molecule has 0 heterocycles. The second kappa shape index (κ2) is 6.50. The molecule has 1 aromatic rings. The summed E-state index contributed by atoms with van der Waals surface area (Å²) in [6.45, 7) is 0. The van der Waals surface area contributed by atoms with Crippen molar-refractivity contribution >= 4 is 11.8 Å². The normalized spacial score (nSPS) is 22.3. The van der Waals surface area contributed by atoms with Crippen molar-refractivity contribution in [1.29, 1.82) is 0 Å². The van der Waals surface area contributed by atoms with E-state index in [4.69, 9.17) is 0 Å². The Morgan fingerprint density at radius 2 is 1.77 bits per heavy atom. The first-order chi connectivity index (χ1) is 10.3. The lowest BCUT2D eigenvalue weighted by molar-refractivity contribution is -0.145. The summed E-state index contributed by atoms with van der Waals surface area (Å²) in [5.41, 5.74) is -1.33. The number of carboxylic acids is 1. The van der Waals surface area contributed by atoms with Crippen LogP contribution in [-0.4, -0.2) is 16.9 Å². The molecule has 1 saturated carbocycles. The Bertz CT molecular complexity index is 566. The number of benzene rings is 1. The zero-order chi connectivity index (χ0) is 16.3. The molecule has 1 aliphatic rings. The summed E-state index contributed by atoms with van der Waals surface area (Å²) in [5.74, 6) is -2.64. The maximum Gasteiger partial charge on any atom is 0.417 e. The molecule has 2 atom stereocenters. The largest absolute Gasteiger partial charge is 0.481 e. The lowest BCUT2D eigenvalue weighted by Gasteiger charge is -2.28. The minimum atomic E-state index is -4.59. The quantitative estimate of drug-likeness (QED) is 0.849. The number of alkyl halides is 3. The van der Waals surface area contributed by atoms with Crippen molar-refractivity contribution in [1.82, 2.24) is 0 Å². The Balaban J connectivity index is 2.20. The number of halogens is 3. The maximum absolute atomic E-state index is 12.9. The van der Waals surface area contributed by atoms with Crippen LogP contribution >= 0.6 is 0 Å². The van der Waals surface area contributed by atoms with E-state index in [9.17, 15) is 27.9 Å². The number of carbonyl (C=O) groups excluding carboxylic acids is 1. The van der Waals surface area contributed by atoms with Crippen LogP contribution in [0.2, 0.25) is 0 Å². The minimum Gasteiger partial charge on any atom is -0.481 e. The van der Waals surface area contributed by atoms with Crippen molar-refractivity contribution in [2.24, 2.45) is 11.8 Å². The number of carboxylic acid groups (broad SMARTS) is 1. The fraction of sp³-hybridized carbons (Fsp3) is 0.500. The summed E-state index contributed by atoms with van der Waals surface area (Å²) < 4.78 is 38.8. The molecule has 1 N–H and O–H groups in total. The van der Waals surface area contributed by atoms with E-state index >= 15 is 0 Å². The first-order valence-corrected chi connectivity index (χ1v) is 7.23. The third-order valence-corrected chi connectivity index (χ3v) is 4.21. The zero-order valence-electron chi connectivity index (χ0n) is 11.9. The Morgan fingerprint density at radius 1 is 1.14 bits per heavy atom. The third-order valence-electron chi connectivity index (χ3n) is 4.21. The first-order valence-electron chi connectivity index (χ1n) is 7.23. The van der Waals surface area contributed by atoms with Gasteiger partial charge < -0.3 is 5.11 Å². The summed E-state index contributed by atoms with van der Waals surface area (Å²) in [6.07, 6.45) is -2.11. The van der Waals surface area contributed by atoms with E-state index in [2.05, 4.69) is 0 Å². The monoisotopic (exact) mass is 314 g/mol. The topological polar surface area (TPSA) is 54.4 Å². The maximum atomic E-state index is 12.9. The molecular weight excluding hydrogens is 297 g/mol. The summed E-state index contributed by atoms with van der Waals surface area (Å²) in [5, 5.41) is 9.18. The summed E-state index contributed by atoms with van der Waals surface area (Å²) in [6, 6.07) is 4.66. The molecule has 0 saturated heterocycles. The Hall–Kier alpha value is -1.85. The molecule has 0 aliphatic heterocycles. The molecule has 1 fully saturated rings. The number of Topliss-reactive ketones (excluding diaryl/α,β-unsaturated/α-hetero) is 1. The van der Waals surface area contributed by atoms with E-state index in [1.54, 1.807) is 0 Å². The van der Waals surface area contributed by atoms with Gasteiger partial charge in [0.1, 0.15) is 0 Å². The minimum absolute atomic E-state index is 0.149.